The zero-order valence-electron chi connectivity index (χ0n) is 17.7. The first kappa shape index (κ1) is 20.1. The van der Waals surface area contributed by atoms with Gasteiger partial charge in [-0.25, -0.2) is 33.2 Å². The van der Waals surface area contributed by atoms with E-state index in [9.17, 15) is 18.4 Å². The van der Waals surface area contributed by atoms with Gasteiger partial charge in [-0.05, 0) is 19.1 Å². The maximum Gasteiger partial charge on any atom is 0.320 e. The SMILES string of the molecule is CC12CNC(=O)Nc3nc(-c4nn(Cc5ccccc5F)c5ncc(F)cc45)nc(c31)NC2=O. The van der Waals surface area contributed by atoms with E-state index in [4.69, 9.17) is 0 Å². The Morgan fingerprint density at radius 1 is 1.12 bits per heavy atom. The van der Waals surface area contributed by atoms with Crippen LogP contribution in [0.15, 0.2) is 36.5 Å². The summed E-state index contributed by atoms with van der Waals surface area (Å²) >= 11 is 0. The van der Waals surface area contributed by atoms with Crippen LogP contribution in [-0.4, -0.2) is 43.2 Å². The molecule has 1 unspecified atom stereocenters. The number of fused-ring (bicyclic) bond motifs is 1. The fourth-order valence-corrected chi connectivity index (χ4v) is 4.30. The normalized spacial score (nSPS) is 18.8. The molecule has 170 valence electrons. The van der Waals surface area contributed by atoms with Crippen LogP contribution < -0.4 is 16.0 Å². The van der Waals surface area contributed by atoms with E-state index in [2.05, 4.69) is 36.0 Å². The fraction of sp³-hybridized carbons (Fsp3) is 0.182. The second kappa shape index (κ2) is 7.01. The number of hydrogen-bond donors (Lipinski definition) is 3. The fourth-order valence-electron chi connectivity index (χ4n) is 4.30. The van der Waals surface area contributed by atoms with Crippen LogP contribution in [0.2, 0.25) is 0 Å². The molecule has 0 bridgehead atoms. The van der Waals surface area contributed by atoms with Gasteiger partial charge in [0, 0.05) is 12.1 Å². The van der Waals surface area contributed by atoms with Crippen LogP contribution >= 0.6 is 0 Å². The van der Waals surface area contributed by atoms with Crippen LogP contribution in [0.25, 0.3) is 22.6 Å². The molecule has 2 aliphatic rings. The average molecular weight is 462 g/mol. The van der Waals surface area contributed by atoms with E-state index in [0.717, 1.165) is 6.20 Å². The molecule has 1 atom stereocenters. The number of amides is 3. The molecular weight excluding hydrogens is 446 g/mol. The van der Waals surface area contributed by atoms with Crippen molar-refractivity contribution in [1.29, 1.82) is 0 Å². The molecular formula is C22H16F2N8O2. The van der Waals surface area contributed by atoms with Crippen LogP contribution in [-0.2, 0) is 16.8 Å². The maximum atomic E-state index is 14.3. The van der Waals surface area contributed by atoms with Crippen molar-refractivity contribution in [2.24, 2.45) is 0 Å². The Morgan fingerprint density at radius 3 is 2.68 bits per heavy atom. The summed E-state index contributed by atoms with van der Waals surface area (Å²) < 4.78 is 29.8. The van der Waals surface area contributed by atoms with E-state index in [1.54, 1.807) is 25.1 Å². The van der Waals surface area contributed by atoms with Gasteiger partial charge in [-0.15, -0.1) is 0 Å². The minimum Gasteiger partial charge on any atom is -0.336 e. The lowest BCUT2D eigenvalue weighted by Crippen LogP contribution is -2.42. The Hall–Kier alpha value is -4.48. The largest absolute Gasteiger partial charge is 0.336 e. The summed E-state index contributed by atoms with van der Waals surface area (Å²) in [5.41, 5.74) is 0.245. The molecule has 0 aliphatic carbocycles. The first-order valence-corrected chi connectivity index (χ1v) is 10.4. The lowest BCUT2D eigenvalue weighted by molar-refractivity contribution is -0.120. The zero-order valence-corrected chi connectivity index (χ0v) is 17.7. The van der Waals surface area contributed by atoms with Gasteiger partial charge in [-0.3, -0.25) is 10.1 Å². The number of carbonyl (C=O) groups excluding carboxylic acids is 2. The van der Waals surface area contributed by atoms with Crippen LogP contribution in [0.1, 0.15) is 18.1 Å². The third-order valence-corrected chi connectivity index (χ3v) is 6.07. The number of rotatable bonds is 3. The van der Waals surface area contributed by atoms with Gasteiger partial charge < -0.3 is 10.6 Å². The Labute approximate surface area is 190 Å². The lowest BCUT2D eigenvalue weighted by Gasteiger charge is -2.19. The minimum atomic E-state index is -1.05. The first-order chi connectivity index (χ1) is 16.3. The highest BCUT2D eigenvalue weighted by molar-refractivity contribution is 6.09. The molecule has 0 fully saturated rings. The standard InChI is InChI=1S/C22H16F2N8O2/c1-22-9-26-21(34)30-17-14(22)16(29-20(22)33)27-18(28-17)15-12-6-11(23)7-25-19(12)32(31-15)8-10-4-2-3-5-13(10)24/h2-7H,8-9H2,1H3,(H3,26,27,28,29,30,33,34). The number of anilines is 2. The van der Waals surface area contributed by atoms with Crippen LogP contribution in [0, 0.1) is 11.6 Å². The van der Waals surface area contributed by atoms with Crippen molar-refractivity contribution < 1.29 is 18.4 Å². The predicted octanol–water partition coefficient (Wildman–Crippen LogP) is 2.56. The van der Waals surface area contributed by atoms with Gasteiger partial charge in [0.2, 0.25) is 5.91 Å². The second-order valence-corrected chi connectivity index (χ2v) is 8.34. The summed E-state index contributed by atoms with van der Waals surface area (Å²) in [5, 5.41) is 12.8. The Morgan fingerprint density at radius 2 is 1.88 bits per heavy atom. The predicted molar refractivity (Wildman–Crippen MR) is 117 cm³/mol. The number of aromatic nitrogens is 5. The molecule has 10 nitrogen and oxygen atoms in total. The second-order valence-electron chi connectivity index (χ2n) is 8.34. The average Bonchev–Trinajstić information content (AvgIpc) is 3.23. The van der Waals surface area contributed by atoms with E-state index >= 15 is 0 Å². The van der Waals surface area contributed by atoms with E-state index in [0.29, 0.717) is 22.2 Å². The molecule has 12 heteroatoms. The van der Waals surface area contributed by atoms with E-state index in [1.807, 2.05) is 0 Å². The lowest BCUT2D eigenvalue weighted by atomic mass is 9.85. The smallest absolute Gasteiger partial charge is 0.320 e. The molecule has 3 amide bonds. The Kier molecular flexibility index (Phi) is 4.15. The van der Waals surface area contributed by atoms with Crippen molar-refractivity contribution in [3.63, 3.8) is 0 Å². The minimum absolute atomic E-state index is 0.0368. The topological polar surface area (TPSA) is 127 Å². The van der Waals surface area contributed by atoms with Crippen molar-refractivity contribution in [3.8, 4) is 11.5 Å². The quantitative estimate of drug-likeness (QED) is 0.430. The van der Waals surface area contributed by atoms with Crippen molar-refractivity contribution in [2.45, 2.75) is 18.9 Å². The summed E-state index contributed by atoms with van der Waals surface area (Å²) in [6.07, 6.45) is 1.04. The van der Waals surface area contributed by atoms with Crippen molar-refractivity contribution in [3.05, 3.63) is 59.3 Å². The van der Waals surface area contributed by atoms with Gasteiger partial charge in [0.15, 0.2) is 11.5 Å². The number of urea groups is 1. The molecule has 5 heterocycles. The van der Waals surface area contributed by atoms with Crippen LogP contribution in [0.4, 0.5) is 25.2 Å². The summed E-state index contributed by atoms with van der Waals surface area (Å²) in [7, 11) is 0. The monoisotopic (exact) mass is 462 g/mol. The van der Waals surface area contributed by atoms with Crippen molar-refractivity contribution in [1.82, 2.24) is 30.0 Å². The van der Waals surface area contributed by atoms with Gasteiger partial charge in [0.25, 0.3) is 0 Å². The summed E-state index contributed by atoms with van der Waals surface area (Å²) in [5.74, 6) is -0.917. The molecule has 2 aliphatic heterocycles. The van der Waals surface area contributed by atoms with Crippen molar-refractivity contribution >= 4 is 34.6 Å². The molecule has 34 heavy (non-hydrogen) atoms. The number of hydrogen-bond acceptors (Lipinski definition) is 6. The van der Waals surface area contributed by atoms with Crippen molar-refractivity contribution in [2.75, 3.05) is 17.2 Å². The van der Waals surface area contributed by atoms with Gasteiger partial charge in [0.1, 0.15) is 29.0 Å². The van der Waals surface area contributed by atoms with Gasteiger partial charge in [-0.2, -0.15) is 5.10 Å². The molecule has 1 aromatic carbocycles. The molecule has 3 aromatic heterocycles. The van der Waals surface area contributed by atoms with Gasteiger partial charge in [0.05, 0.1) is 29.1 Å². The number of benzene rings is 1. The van der Waals surface area contributed by atoms with E-state index in [-0.39, 0.29) is 42.2 Å². The third kappa shape index (κ3) is 2.91. The number of pyridine rings is 1. The van der Waals surface area contributed by atoms with Gasteiger partial charge in [-0.1, -0.05) is 18.2 Å². The highest BCUT2D eigenvalue weighted by Gasteiger charge is 2.48. The number of nitrogens with one attached hydrogen (secondary N) is 3. The third-order valence-electron chi connectivity index (χ3n) is 6.07. The Bertz CT molecular complexity index is 1540. The molecule has 4 aromatic rings. The first-order valence-electron chi connectivity index (χ1n) is 10.4. The molecule has 0 spiro atoms. The number of nitrogens with zero attached hydrogens (tertiary/aromatic N) is 5. The van der Waals surface area contributed by atoms with Crippen LogP contribution in [0.5, 0.6) is 0 Å². The van der Waals surface area contributed by atoms with E-state index in [1.165, 1.54) is 16.8 Å². The van der Waals surface area contributed by atoms with E-state index < -0.39 is 23.1 Å². The molecule has 6 rings (SSSR count). The van der Waals surface area contributed by atoms with Gasteiger partial charge >= 0.3 is 6.03 Å². The highest BCUT2D eigenvalue weighted by atomic mass is 19.1. The maximum absolute atomic E-state index is 14.3. The number of carbonyl (C=O) groups is 2. The number of halogens is 2. The summed E-state index contributed by atoms with van der Waals surface area (Å²) in [6.45, 7) is 1.80. The van der Waals surface area contributed by atoms with Crippen LogP contribution in [0.3, 0.4) is 0 Å². The molecule has 0 radical (unpaired) electrons. The zero-order chi connectivity index (χ0) is 23.6. The Balaban J connectivity index is 1.55. The summed E-state index contributed by atoms with van der Waals surface area (Å²) in [4.78, 5) is 38.0. The molecule has 3 N–H and O–H groups in total. The molecule has 0 saturated carbocycles. The summed E-state index contributed by atoms with van der Waals surface area (Å²) in [6, 6.07) is 6.95. The molecule has 0 saturated heterocycles. The highest BCUT2D eigenvalue weighted by Crippen LogP contribution is 2.42.